The number of pyridine rings is 1. The van der Waals surface area contributed by atoms with Crippen LogP contribution in [0.3, 0.4) is 0 Å². The number of nitrogens with zero attached hydrogens (tertiary/aromatic N) is 2. The highest BCUT2D eigenvalue weighted by Gasteiger charge is 2.30. The van der Waals surface area contributed by atoms with Crippen molar-refractivity contribution in [1.82, 2.24) is 4.98 Å². The van der Waals surface area contributed by atoms with Crippen LogP contribution in [0.4, 0.5) is 5.69 Å². The summed E-state index contributed by atoms with van der Waals surface area (Å²) in [5.41, 5.74) is 4.19. The molecule has 6 heteroatoms. The maximum absolute atomic E-state index is 13.0. The Morgan fingerprint density at radius 2 is 1.93 bits per heavy atom. The number of hydrogen-bond donors (Lipinski definition) is 0. The van der Waals surface area contributed by atoms with Crippen LogP contribution in [0.15, 0.2) is 47.5 Å². The number of carbonyl (C=O) groups excluding carboxylic acids is 1. The van der Waals surface area contributed by atoms with Gasteiger partial charge in [0.15, 0.2) is 11.5 Å². The van der Waals surface area contributed by atoms with Gasteiger partial charge in [0.05, 0.1) is 11.3 Å². The molecule has 0 aliphatic carbocycles. The van der Waals surface area contributed by atoms with E-state index in [9.17, 15) is 4.79 Å². The topological polar surface area (TPSA) is 51.7 Å². The largest absolute Gasteiger partial charge is 0.486 e. The van der Waals surface area contributed by atoms with Crippen LogP contribution in [-0.2, 0) is 11.2 Å². The Bertz CT molecular complexity index is 1110. The average molecular weight is 407 g/mol. The summed E-state index contributed by atoms with van der Waals surface area (Å²) in [5.74, 6) is 1.98. The Morgan fingerprint density at radius 1 is 1.17 bits per heavy atom. The molecule has 2 aliphatic heterocycles. The number of aryl methyl sites for hydroxylation is 1. The van der Waals surface area contributed by atoms with Crippen LogP contribution in [0.2, 0.25) is 0 Å². The minimum atomic E-state index is 0.121. The van der Waals surface area contributed by atoms with E-state index >= 15 is 0 Å². The number of rotatable bonds is 3. The molecule has 3 heterocycles. The summed E-state index contributed by atoms with van der Waals surface area (Å²) in [7, 11) is 0. The molecule has 0 saturated heterocycles. The number of anilines is 1. The summed E-state index contributed by atoms with van der Waals surface area (Å²) in [6, 6.07) is 14.4. The van der Waals surface area contributed by atoms with E-state index in [2.05, 4.69) is 19.1 Å². The highest BCUT2D eigenvalue weighted by molar-refractivity contribution is 8.00. The van der Waals surface area contributed by atoms with E-state index < -0.39 is 0 Å². The van der Waals surface area contributed by atoms with E-state index in [1.54, 1.807) is 0 Å². The van der Waals surface area contributed by atoms with Gasteiger partial charge in [0.25, 0.3) is 0 Å². The number of hydrogen-bond acceptors (Lipinski definition) is 5. The zero-order valence-corrected chi connectivity index (χ0v) is 17.3. The van der Waals surface area contributed by atoms with Crippen molar-refractivity contribution < 1.29 is 14.3 Å². The minimum absolute atomic E-state index is 0.121. The number of fused-ring (bicyclic) bond motifs is 3. The fraction of sp³-hybridized carbons (Fsp3) is 0.304. The molecule has 0 unspecified atom stereocenters. The first kappa shape index (κ1) is 18.3. The molecule has 0 fully saturated rings. The zero-order chi connectivity index (χ0) is 20.0. The molecule has 1 amide bonds. The Kier molecular flexibility index (Phi) is 4.59. The van der Waals surface area contributed by atoms with Crippen molar-refractivity contribution in [3.05, 3.63) is 53.6 Å². The van der Waals surface area contributed by atoms with Crippen LogP contribution in [0.5, 0.6) is 11.5 Å². The number of thioether (sulfide) groups is 1. The van der Waals surface area contributed by atoms with Gasteiger partial charge in [-0.05, 0) is 49.6 Å². The second-order valence-electron chi connectivity index (χ2n) is 7.53. The minimum Gasteiger partial charge on any atom is -0.486 e. The summed E-state index contributed by atoms with van der Waals surface area (Å²) in [6.45, 7) is 5.26. The van der Waals surface area contributed by atoms with E-state index in [4.69, 9.17) is 14.5 Å². The lowest BCUT2D eigenvalue weighted by molar-refractivity contribution is -0.116. The number of carbonyl (C=O) groups is 1. The molecule has 2 aliphatic rings. The lowest BCUT2D eigenvalue weighted by Gasteiger charge is -2.22. The maximum Gasteiger partial charge on any atom is 0.237 e. The first-order valence-corrected chi connectivity index (χ1v) is 10.8. The van der Waals surface area contributed by atoms with E-state index in [0.717, 1.165) is 45.1 Å². The molecule has 0 saturated carbocycles. The van der Waals surface area contributed by atoms with Gasteiger partial charge >= 0.3 is 0 Å². The summed E-state index contributed by atoms with van der Waals surface area (Å²) >= 11 is 1.50. The van der Waals surface area contributed by atoms with Crippen molar-refractivity contribution in [1.29, 1.82) is 0 Å². The third kappa shape index (κ3) is 3.31. The van der Waals surface area contributed by atoms with Crippen molar-refractivity contribution in [2.24, 2.45) is 0 Å². The van der Waals surface area contributed by atoms with Gasteiger partial charge in [0.2, 0.25) is 5.91 Å². The van der Waals surface area contributed by atoms with Gasteiger partial charge < -0.3 is 14.4 Å². The number of benzene rings is 2. The van der Waals surface area contributed by atoms with E-state index in [1.165, 1.54) is 17.3 Å². The fourth-order valence-corrected chi connectivity index (χ4v) is 4.94. The highest BCUT2D eigenvalue weighted by Crippen LogP contribution is 2.36. The molecule has 2 aromatic carbocycles. The van der Waals surface area contributed by atoms with Crippen molar-refractivity contribution in [3.63, 3.8) is 0 Å². The van der Waals surface area contributed by atoms with Crippen LogP contribution in [-0.4, -0.2) is 35.9 Å². The normalized spacial score (nSPS) is 17.4. The van der Waals surface area contributed by atoms with Gasteiger partial charge in [-0.25, -0.2) is 4.98 Å². The lowest BCUT2D eigenvalue weighted by Crippen LogP contribution is -2.37. The fourth-order valence-electron chi connectivity index (χ4n) is 4.09. The Morgan fingerprint density at radius 3 is 2.76 bits per heavy atom. The number of aromatic nitrogens is 1. The Labute approximate surface area is 174 Å². The second kappa shape index (κ2) is 7.26. The summed E-state index contributed by atoms with van der Waals surface area (Å²) in [4.78, 5) is 19.7. The van der Waals surface area contributed by atoms with Gasteiger partial charge in [-0.15, -0.1) is 0 Å². The predicted molar refractivity (Wildman–Crippen MR) is 115 cm³/mol. The summed E-state index contributed by atoms with van der Waals surface area (Å²) in [5, 5.41) is 1.90. The van der Waals surface area contributed by atoms with Crippen LogP contribution >= 0.6 is 11.8 Å². The van der Waals surface area contributed by atoms with Crippen LogP contribution in [0.25, 0.3) is 10.9 Å². The summed E-state index contributed by atoms with van der Waals surface area (Å²) < 4.78 is 11.3. The molecule has 5 rings (SSSR count). The van der Waals surface area contributed by atoms with Gasteiger partial charge in [0, 0.05) is 23.2 Å². The smallest absolute Gasteiger partial charge is 0.237 e. The third-order valence-corrected chi connectivity index (χ3v) is 6.51. The number of ether oxygens (including phenoxy) is 2. The SMILES string of the molecule is Cc1cc2cc3c(cc2nc1SCC(=O)N1c2ccccc2C[C@H]1C)OCCO3. The van der Waals surface area contributed by atoms with Gasteiger partial charge in [-0.1, -0.05) is 30.0 Å². The lowest BCUT2D eigenvalue weighted by atomic mass is 10.1. The molecule has 0 N–H and O–H groups in total. The first-order valence-electron chi connectivity index (χ1n) is 9.84. The number of para-hydroxylation sites is 1. The van der Waals surface area contributed by atoms with Crippen LogP contribution in [0.1, 0.15) is 18.1 Å². The van der Waals surface area contributed by atoms with Crippen LogP contribution in [0, 0.1) is 6.92 Å². The van der Waals surface area contributed by atoms with Crippen molar-refractivity contribution >= 4 is 34.3 Å². The Hall–Kier alpha value is -2.73. The molecule has 3 aromatic rings. The molecular weight excluding hydrogens is 384 g/mol. The monoisotopic (exact) mass is 406 g/mol. The van der Waals surface area contributed by atoms with Crippen molar-refractivity contribution in [2.45, 2.75) is 31.3 Å². The highest BCUT2D eigenvalue weighted by atomic mass is 32.2. The van der Waals surface area contributed by atoms with E-state index in [0.29, 0.717) is 19.0 Å². The quantitative estimate of drug-likeness (QED) is 0.604. The molecule has 1 aromatic heterocycles. The third-order valence-electron chi connectivity index (χ3n) is 5.43. The number of amides is 1. The van der Waals surface area contributed by atoms with Gasteiger partial charge in [-0.2, -0.15) is 0 Å². The van der Waals surface area contributed by atoms with E-state index in [1.807, 2.05) is 42.2 Å². The molecule has 5 nitrogen and oxygen atoms in total. The molecule has 0 spiro atoms. The average Bonchev–Trinajstić information content (AvgIpc) is 3.06. The molecule has 1 atom stereocenters. The maximum atomic E-state index is 13.0. The molecule has 29 heavy (non-hydrogen) atoms. The van der Waals surface area contributed by atoms with Crippen LogP contribution < -0.4 is 14.4 Å². The van der Waals surface area contributed by atoms with E-state index in [-0.39, 0.29) is 11.9 Å². The Balaban J connectivity index is 1.38. The molecular formula is C23H22N2O3S. The molecule has 148 valence electrons. The van der Waals surface area contributed by atoms with Gasteiger partial charge in [-0.3, -0.25) is 4.79 Å². The van der Waals surface area contributed by atoms with Crippen molar-refractivity contribution in [2.75, 3.05) is 23.9 Å². The standard InChI is InChI=1S/C23H22N2O3S/c1-14-9-17-11-20-21(28-8-7-27-20)12-18(17)24-23(14)29-13-22(26)25-15(2)10-16-5-3-4-6-19(16)25/h3-6,9,11-12,15H,7-8,10,13H2,1-2H3/t15-/m1/s1. The summed E-state index contributed by atoms with van der Waals surface area (Å²) in [6.07, 6.45) is 0.910. The van der Waals surface area contributed by atoms with Gasteiger partial charge in [0.1, 0.15) is 18.2 Å². The predicted octanol–water partition coefficient (Wildman–Crippen LogP) is 4.38. The zero-order valence-electron chi connectivity index (χ0n) is 16.5. The van der Waals surface area contributed by atoms with Crippen molar-refractivity contribution in [3.8, 4) is 11.5 Å². The molecule has 0 radical (unpaired) electrons. The molecule has 0 bridgehead atoms. The second-order valence-corrected chi connectivity index (χ2v) is 8.50. The first-order chi connectivity index (χ1) is 14.1.